The summed E-state index contributed by atoms with van der Waals surface area (Å²) in [5.41, 5.74) is 2.47. The van der Waals surface area contributed by atoms with Crippen LogP contribution in [0.3, 0.4) is 0 Å². The molecule has 2 amide bonds. The number of aliphatic hydroxyl groups is 1. The lowest BCUT2D eigenvalue weighted by Crippen LogP contribution is -2.50. The summed E-state index contributed by atoms with van der Waals surface area (Å²) >= 11 is 0. The molecule has 0 radical (unpaired) electrons. The van der Waals surface area contributed by atoms with Crippen LogP contribution in [0.1, 0.15) is 31.2 Å². The molecule has 0 aromatic heterocycles. The van der Waals surface area contributed by atoms with Gasteiger partial charge in [0.05, 0.1) is 12.1 Å². The van der Waals surface area contributed by atoms with Crippen molar-refractivity contribution < 1.29 is 9.90 Å². The van der Waals surface area contributed by atoms with Gasteiger partial charge < -0.3 is 20.6 Å². The fraction of sp³-hybridized carbons (Fsp3) is 0.562. The number of aliphatic hydroxyl groups excluding tert-OH is 1. The number of urea groups is 1. The maximum absolute atomic E-state index is 12.2. The number of amides is 2. The highest BCUT2D eigenvalue weighted by molar-refractivity contribution is 5.91. The minimum atomic E-state index is -0.443. The first-order valence-corrected chi connectivity index (χ1v) is 7.44. The first-order valence-electron chi connectivity index (χ1n) is 7.44. The number of nitrogens with one attached hydrogen (secondary N) is 2. The van der Waals surface area contributed by atoms with Gasteiger partial charge in [0.2, 0.25) is 0 Å². The summed E-state index contributed by atoms with van der Waals surface area (Å²) in [4.78, 5) is 14.2. The fourth-order valence-electron chi connectivity index (χ4n) is 2.84. The van der Waals surface area contributed by atoms with Gasteiger partial charge in [-0.2, -0.15) is 0 Å². The van der Waals surface area contributed by atoms with Gasteiger partial charge in [-0.25, -0.2) is 4.79 Å². The van der Waals surface area contributed by atoms with E-state index >= 15 is 0 Å². The number of nitrogens with zero attached hydrogens (tertiary/aromatic N) is 1. The van der Waals surface area contributed by atoms with Gasteiger partial charge in [0.25, 0.3) is 0 Å². The van der Waals surface area contributed by atoms with Crippen molar-refractivity contribution >= 4 is 17.4 Å². The van der Waals surface area contributed by atoms with Gasteiger partial charge in [-0.05, 0) is 43.5 Å². The van der Waals surface area contributed by atoms with E-state index in [1.807, 2.05) is 44.1 Å². The number of aryl methyl sites for hydroxylation is 1. The molecule has 0 heterocycles. The molecule has 21 heavy (non-hydrogen) atoms. The molecule has 1 saturated carbocycles. The smallest absolute Gasteiger partial charge is 0.319 e. The Morgan fingerprint density at radius 1 is 1.33 bits per heavy atom. The molecule has 1 aliphatic carbocycles. The second kappa shape index (κ2) is 6.35. The lowest BCUT2D eigenvalue weighted by molar-refractivity contribution is 0.167. The maximum Gasteiger partial charge on any atom is 0.319 e. The van der Waals surface area contributed by atoms with Gasteiger partial charge in [0.15, 0.2) is 0 Å². The molecule has 5 nitrogen and oxygen atoms in total. The van der Waals surface area contributed by atoms with Crippen LogP contribution in [0.5, 0.6) is 0 Å². The molecule has 0 aliphatic heterocycles. The molecule has 2 rings (SSSR count). The van der Waals surface area contributed by atoms with Gasteiger partial charge in [0, 0.05) is 25.5 Å². The van der Waals surface area contributed by atoms with E-state index in [1.54, 1.807) is 0 Å². The summed E-state index contributed by atoms with van der Waals surface area (Å²) in [6.45, 7) is 1.97. The summed E-state index contributed by atoms with van der Waals surface area (Å²) < 4.78 is 0. The van der Waals surface area contributed by atoms with Crippen LogP contribution in [0.4, 0.5) is 16.2 Å². The Kier molecular flexibility index (Phi) is 4.73. The van der Waals surface area contributed by atoms with Crippen LogP contribution in [0, 0.1) is 6.92 Å². The molecule has 0 saturated heterocycles. The number of hydrogen-bond donors (Lipinski definition) is 3. The summed E-state index contributed by atoms with van der Waals surface area (Å²) in [5.74, 6) is 0. The highest BCUT2D eigenvalue weighted by atomic mass is 16.3. The molecular formula is C16H25N3O2. The zero-order valence-corrected chi connectivity index (χ0v) is 13.1. The van der Waals surface area contributed by atoms with Crippen molar-refractivity contribution in [2.24, 2.45) is 0 Å². The molecule has 1 fully saturated rings. The molecule has 0 spiro atoms. The van der Waals surface area contributed by atoms with Gasteiger partial charge in [-0.15, -0.1) is 0 Å². The second-order valence-corrected chi connectivity index (χ2v) is 6.12. The zero-order chi connectivity index (χ0) is 15.5. The predicted molar refractivity (Wildman–Crippen MR) is 85.9 cm³/mol. The standard InChI is InChI=1S/C16H25N3O2/c1-12-10-13(19(2)3)6-7-14(12)17-15(21)18-16(11-20)8-4-5-9-16/h6-7,10,20H,4-5,8-9,11H2,1-3H3,(H2,17,18,21). The summed E-state index contributed by atoms with van der Waals surface area (Å²) in [6, 6.07) is 5.67. The van der Waals surface area contributed by atoms with Crippen molar-refractivity contribution in [2.45, 2.75) is 38.1 Å². The van der Waals surface area contributed by atoms with Crippen molar-refractivity contribution in [1.82, 2.24) is 5.32 Å². The molecule has 1 aliphatic rings. The first kappa shape index (κ1) is 15.6. The van der Waals surface area contributed by atoms with Gasteiger partial charge in [-0.1, -0.05) is 12.8 Å². The molecule has 0 unspecified atom stereocenters. The van der Waals surface area contributed by atoms with E-state index in [0.717, 1.165) is 42.6 Å². The second-order valence-electron chi connectivity index (χ2n) is 6.12. The number of carbonyl (C=O) groups is 1. The maximum atomic E-state index is 12.2. The lowest BCUT2D eigenvalue weighted by atomic mass is 9.99. The largest absolute Gasteiger partial charge is 0.394 e. The van der Waals surface area contributed by atoms with Crippen LogP contribution < -0.4 is 15.5 Å². The SMILES string of the molecule is Cc1cc(N(C)C)ccc1NC(=O)NC1(CO)CCCC1. The van der Waals surface area contributed by atoms with E-state index in [1.165, 1.54) is 0 Å². The van der Waals surface area contributed by atoms with E-state index in [-0.39, 0.29) is 12.6 Å². The van der Waals surface area contributed by atoms with Gasteiger partial charge in [0.1, 0.15) is 0 Å². The van der Waals surface area contributed by atoms with E-state index in [2.05, 4.69) is 10.6 Å². The Labute approximate surface area is 126 Å². The molecule has 1 aromatic carbocycles. The molecule has 0 atom stereocenters. The van der Waals surface area contributed by atoms with Crippen LogP contribution in [0.2, 0.25) is 0 Å². The quantitative estimate of drug-likeness (QED) is 0.798. The number of anilines is 2. The van der Waals surface area contributed by atoms with E-state index < -0.39 is 5.54 Å². The zero-order valence-electron chi connectivity index (χ0n) is 13.1. The molecule has 5 heteroatoms. The van der Waals surface area contributed by atoms with E-state index in [0.29, 0.717) is 0 Å². The van der Waals surface area contributed by atoms with Crippen LogP contribution in [0.15, 0.2) is 18.2 Å². The Morgan fingerprint density at radius 3 is 2.52 bits per heavy atom. The number of hydrogen-bond acceptors (Lipinski definition) is 3. The third-order valence-electron chi connectivity index (χ3n) is 4.22. The van der Waals surface area contributed by atoms with Crippen molar-refractivity contribution in [3.63, 3.8) is 0 Å². The van der Waals surface area contributed by atoms with Crippen molar-refractivity contribution in [3.05, 3.63) is 23.8 Å². The Bertz CT molecular complexity index is 508. The van der Waals surface area contributed by atoms with Crippen LogP contribution in [-0.4, -0.2) is 37.4 Å². The number of carbonyl (C=O) groups excluding carboxylic acids is 1. The van der Waals surface area contributed by atoms with Crippen molar-refractivity contribution in [3.8, 4) is 0 Å². The molecular weight excluding hydrogens is 266 g/mol. The summed E-state index contributed by atoms with van der Waals surface area (Å²) in [7, 11) is 3.97. The van der Waals surface area contributed by atoms with Crippen LogP contribution in [0.25, 0.3) is 0 Å². The lowest BCUT2D eigenvalue weighted by Gasteiger charge is -2.28. The van der Waals surface area contributed by atoms with Gasteiger partial charge in [-0.3, -0.25) is 0 Å². The summed E-state index contributed by atoms with van der Waals surface area (Å²) in [6.07, 6.45) is 3.79. The minimum Gasteiger partial charge on any atom is -0.394 e. The fourth-order valence-corrected chi connectivity index (χ4v) is 2.84. The van der Waals surface area contributed by atoms with Crippen molar-refractivity contribution in [2.75, 3.05) is 30.9 Å². The molecule has 0 bridgehead atoms. The number of benzene rings is 1. The average molecular weight is 291 g/mol. The Balaban J connectivity index is 2.02. The highest BCUT2D eigenvalue weighted by Gasteiger charge is 2.34. The highest BCUT2D eigenvalue weighted by Crippen LogP contribution is 2.29. The normalized spacial score (nSPS) is 16.6. The monoisotopic (exact) mass is 291 g/mol. The van der Waals surface area contributed by atoms with E-state index in [4.69, 9.17) is 0 Å². The number of rotatable bonds is 4. The van der Waals surface area contributed by atoms with Crippen LogP contribution in [-0.2, 0) is 0 Å². The third kappa shape index (κ3) is 3.67. The topological polar surface area (TPSA) is 64.6 Å². The predicted octanol–water partition coefficient (Wildman–Crippen LogP) is 2.49. The van der Waals surface area contributed by atoms with E-state index in [9.17, 15) is 9.90 Å². The Hall–Kier alpha value is -1.75. The molecule has 3 N–H and O–H groups in total. The Morgan fingerprint density at radius 2 is 2.00 bits per heavy atom. The first-order chi connectivity index (χ1) is 9.96. The van der Waals surface area contributed by atoms with Crippen LogP contribution >= 0.6 is 0 Å². The summed E-state index contributed by atoms with van der Waals surface area (Å²) in [5, 5.41) is 15.4. The van der Waals surface area contributed by atoms with Crippen molar-refractivity contribution in [1.29, 1.82) is 0 Å². The minimum absolute atomic E-state index is 0.00102. The molecule has 1 aromatic rings. The molecule has 116 valence electrons. The third-order valence-corrected chi connectivity index (χ3v) is 4.22. The van der Waals surface area contributed by atoms with Gasteiger partial charge >= 0.3 is 6.03 Å². The average Bonchev–Trinajstić information content (AvgIpc) is 2.90.